The van der Waals surface area contributed by atoms with E-state index in [9.17, 15) is 5.11 Å². The van der Waals surface area contributed by atoms with Crippen molar-refractivity contribution in [2.75, 3.05) is 0 Å². The van der Waals surface area contributed by atoms with Gasteiger partial charge in [0, 0.05) is 0 Å². The molecule has 1 atom stereocenters. The summed E-state index contributed by atoms with van der Waals surface area (Å²) in [6.45, 7) is 9.36. The zero-order chi connectivity index (χ0) is 15.2. The third-order valence-corrected chi connectivity index (χ3v) is 5.31. The average Bonchev–Trinajstić information content (AvgIpc) is 2.40. The monoisotopic (exact) mass is 388 g/mol. The molecule has 0 unspecified atom stereocenters. The van der Waals surface area contributed by atoms with E-state index >= 15 is 0 Å². The van der Waals surface area contributed by atoms with E-state index < -0.39 is 0 Å². The van der Waals surface area contributed by atoms with Gasteiger partial charge in [0.15, 0.2) is 0 Å². The van der Waals surface area contributed by atoms with Crippen LogP contribution in [0.15, 0.2) is 18.2 Å². The highest BCUT2D eigenvalue weighted by atomic mass is 127. The lowest BCUT2D eigenvalue weighted by molar-refractivity contribution is 0.247. The molecule has 0 spiro atoms. The number of phenolic OH excluding ortho intramolecular Hbond substituents is 1. The van der Waals surface area contributed by atoms with Crippen LogP contribution in [0.2, 0.25) is 0 Å². The fourth-order valence-electron chi connectivity index (χ4n) is 2.57. The molecule has 1 N–H and O–H groups in total. The summed E-state index contributed by atoms with van der Waals surface area (Å²) in [4.78, 5) is 0. The second kappa shape index (κ2) is 8.26. The van der Waals surface area contributed by atoms with Gasteiger partial charge in [-0.15, -0.1) is 0 Å². The molecule has 0 amide bonds. The van der Waals surface area contributed by atoms with E-state index in [0.29, 0.717) is 11.2 Å². The summed E-state index contributed by atoms with van der Waals surface area (Å²) < 4.78 is 0.957. The van der Waals surface area contributed by atoms with Gasteiger partial charge in [0.05, 0.1) is 3.57 Å². The summed E-state index contributed by atoms with van der Waals surface area (Å²) in [6.07, 6.45) is 7.61. The van der Waals surface area contributed by atoms with Crippen LogP contribution in [0.5, 0.6) is 5.75 Å². The molecule has 0 heterocycles. The van der Waals surface area contributed by atoms with Crippen LogP contribution in [0, 0.1) is 14.9 Å². The molecule has 0 aliphatic rings. The molecule has 1 aromatic carbocycles. The summed E-state index contributed by atoms with van der Waals surface area (Å²) in [5.74, 6) is 1.21. The minimum atomic E-state index is 0.393. The number of hydrogen-bond acceptors (Lipinski definition) is 1. The largest absolute Gasteiger partial charge is 0.507 e. The molecule has 0 aliphatic carbocycles. The number of hydrogen-bond donors (Lipinski definition) is 1. The zero-order valence-corrected chi connectivity index (χ0v) is 15.5. The number of phenols is 1. The zero-order valence-electron chi connectivity index (χ0n) is 13.4. The van der Waals surface area contributed by atoms with Crippen molar-refractivity contribution < 1.29 is 5.11 Å². The maximum absolute atomic E-state index is 9.58. The Morgan fingerprint density at radius 1 is 1.25 bits per heavy atom. The Morgan fingerprint density at radius 3 is 2.50 bits per heavy atom. The van der Waals surface area contributed by atoms with Crippen LogP contribution in [0.25, 0.3) is 0 Å². The first kappa shape index (κ1) is 17.8. The average molecular weight is 388 g/mol. The van der Waals surface area contributed by atoms with Crippen LogP contribution in [-0.4, -0.2) is 5.11 Å². The van der Waals surface area contributed by atoms with Crippen molar-refractivity contribution in [1.82, 2.24) is 0 Å². The van der Waals surface area contributed by atoms with E-state index in [1.165, 1.54) is 37.7 Å². The summed E-state index contributed by atoms with van der Waals surface area (Å²) in [5.41, 5.74) is 1.80. The second-order valence-corrected chi connectivity index (χ2v) is 7.90. The normalized spacial score (nSPS) is 14.5. The molecule has 20 heavy (non-hydrogen) atoms. The van der Waals surface area contributed by atoms with Crippen LogP contribution in [-0.2, 0) is 6.42 Å². The number of aryl methyl sites for hydroxylation is 1. The minimum Gasteiger partial charge on any atom is -0.507 e. The van der Waals surface area contributed by atoms with Crippen LogP contribution in [0.3, 0.4) is 0 Å². The summed E-state index contributed by atoms with van der Waals surface area (Å²) in [7, 11) is 0. The van der Waals surface area contributed by atoms with Gasteiger partial charge in [0.1, 0.15) is 5.75 Å². The third kappa shape index (κ3) is 6.02. The van der Waals surface area contributed by atoms with Crippen molar-refractivity contribution in [1.29, 1.82) is 0 Å². The molecule has 1 aromatic rings. The molecule has 114 valence electrons. The standard InChI is InChI=1S/C18H29IO/c1-5-18(4,11-6-7-14(2)3)12-10-15-8-9-17(20)16(19)13-15/h8-9,13-14,20H,5-7,10-12H2,1-4H3/t18-/m1/s1. The van der Waals surface area contributed by atoms with Crippen LogP contribution in [0.4, 0.5) is 0 Å². The molecule has 0 saturated heterocycles. The molecule has 0 radical (unpaired) electrons. The molecule has 0 aliphatic heterocycles. The van der Waals surface area contributed by atoms with Gasteiger partial charge in [-0.2, -0.15) is 0 Å². The third-order valence-electron chi connectivity index (χ3n) is 4.44. The molecule has 0 fully saturated rings. The number of rotatable bonds is 8. The lowest BCUT2D eigenvalue weighted by Gasteiger charge is -2.29. The molecule has 1 nitrogen and oxygen atoms in total. The molecule has 0 aromatic heterocycles. The number of halogens is 1. The predicted octanol–water partition coefficient (Wildman–Crippen LogP) is 6.17. The van der Waals surface area contributed by atoms with Crippen molar-refractivity contribution in [3.8, 4) is 5.75 Å². The van der Waals surface area contributed by atoms with E-state index in [4.69, 9.17) is 0 Å². The maximum Gasteiger partial charge on any atom is 0.128 e. The van der Waals surface area contributed by atoms with Crippen molar-refractivity contribution in [3.63, 3.8) is 0 Å². The number of aromatic hydroxyl groups is 1. The topological polar surface area (TPSA) is 20.2 Å². The molecule has 1 rings (SSSR count). The van der Waals surface area contributed by atoms with Gasteiger partial charge in [0.25, 0.3) is 0 Å². The van der Waals surface area contributed by atoms with Crippen molar-refractivity contribution >= 4 is 22.6 Å². The van der Waals surface area contributed by atoms with Gasteiger partial charge in [0.2, 0.25) is 0 Å². The van der Waals surface area contributed by atoms with E-state index in [-0.39, 0.29) is 0 Å². The van der Waals surface area contributed by atoms with Crippen LogP contribution in [0.1, 0.15) is 65.4 Å². The van der Waals surface area contributed by atoms with E-state index in [0.717, 1.165) is 15.9 Å². The van der Waals surface area contributed by atoms with Crippen molar-refractivity contribution in [2.24, 2.45) is 11.3 Å². The number of benzene rings is 1. The lowest BCUT2D eigenvalue weighted by atomic mass is 9.77. The summed E-state index contributed by atoms with van der Waals surface area (Å²) in [5, 5.41) is 9.58. The first-order valence-corrected chi connectivity index (χ1v) is 8.91. The van der Waals surface area contributed by atoms with E-state index in [1.54, 1.807) is 0 Å². The fraction of sp³-hybridized carbons (Fsp3) is 0.667. The maximum atomic E-state index is 9.58. The highest BCUT2D eigenvalue weighted by Gasteiger charge is 2.21. The Labute approximate surface area is 138 Å². The first-order valence-electron chi connectivity index (χ1n) is 7.83. The molecular formula is C18H29IO. The molecule has 0 bridgehead atoms. The predicted molar refractivity (Wildman–Crippen MR) is 96.2 cm³/mol. The highest BCUT2D eigenvalue weighted by molar-refractivity contribution is 14.1. The summed E-state index contributed by atoms with van der Waals surface area (Å²) in [6, 6.07) is 5.99. The first-order chi connectivity index (χ1) is 9.36. The van der Waals surface area contributed by atoms with Gasteiger partial charge < -0.3 is 5.11 Å². The lowest BCUT2D eigenvalue weighted by Crippen LogP contribution is -2.16. The Morgan fingerprint density at radius 2 is 1.95 bits per heavy atom. The van der Waals surface area contributed by atoms with Gasteiger partial charge in [-0.3, -0.25) is 0 Å². The molecule has 2 heteroatoms. The van der Waals surface area contributed by atoms with E-state index in [1.807, 2.05) is 6.07 Å². The molecule has 0 saturated carbocycles. The van der Waals surface area contributed by atoms with Gasteiger partial charge in [-0.05, 0) is 70.9 Å². The highest BCUT2D eigenvalue weighted by Crippen LogP contribution is 2.34. The van der Waals surface area contributed by atoms with Crippen molar-refractivity contribution in [3.05, 3.63) is 27.3 Å². The fourth-order valence-corrected chi connectivity index (χ4v) is 3.15. The molecular weight excluding hydrogens is 359 g/mol. The summed E-state index contributed by atoms with van der Waals surface area (Å²) >= 11 is 2.20. The smallest absolute Gasteiger partial charge is 0.128 e. The van der Waals surface area contributed by atoms with Crippen molar-refractivity contribution in [2.45, 2.75) is 66.2 Å². The Hall–Kier alpha value is -0.250. The Kier molecular flexibility index (Phi) is 7.35. The second-order valence-electron chi connectivity index (χ2n) is 6.74. The SMILES string of the molecule is CC[C@](C)(CCCC(C)C)CCc1ccc(O)c(I)c1. The van der Waals surface area contributed by atoms with Gasteiger partial charge in [-0.25, -0.2) is 0 Å². The minimum absolute atomic E-state index is 0.393. The van der Waals surface area contributed by atoms with Crippen LogP contribution >= 0.6 is 22.6 Å². The van der Waals surface area contributed by atoms with Gasteiger partial charge in [-0.1, -0.05) is 53.0 Å². The quantitative estimate of drug-likeness (QED) is 0.528. The van der Waals surface area contributed by atoms with Gasteiger partial charge >= 0.3 is 0 Å². The van der Waals surface area contributed by atoms with Crippen LogP contribution < -0.4 is 0 Å². The van der Waals surface area contributed by atoms with E-state index in [2.05, 4.69) is 62.4 Å². The Bertz CT molecular complexity index is 414. The Balaban J connectivity index is 2.52.